The Labute approximate surface area is 242 Å². The number of carbonyl (C=O) groups is 2. The highest BCUT2D eigenvalue weighted by molar-refractivity contribution is 7.92. The first kappa shape index (κ1) is 28.7. The molecule has 0 radical (unpaired) electrons. The molecule has 1 saturated heterocycles. The van der Waals surface area contributed by atoms with Crippen molar-refractivity contribution in [1.82, 2.24) is 10.2 Å². The van der Waals surface area contributed by atoms with Crippen molar-refractivity contribution in [2.24, 2.45) is 0 Å². The number of nitrogens with one attached hydrogen (secondary N) is 2. The molecule has 0 unspecified atom stereocenters. The summed E-state index contributed by atoms with van der Waals surface area (Å²) in [5.41, 5.74) is 1.66. The van der Waals surface area contributed by atoms with Crippen molar-refractivity contribution in [1.29, 1.82) is 0 Å². The summed E-state index contributed by atoms with van der Waals surface area (Å²) in [6.45, 7) is 1.46. The van der Waals surface area contributed by atoms with Crippen LogP contribution in [0.3, 0.4) is 0 Å². The number of anilines is 2. The molecule has 0 aromatic heterocycles. The monoisotopic (exact) mass is 590 g/mol. The smallest absolute Gasteiger partial charge is 0.261 e. The highest BCUT2D eigenvalue weighted by Crippen LogP contribution is 2.28. The molecule has 0 aliphatic carbocycles. The Morgan fingerprint density at radius 3 is 2.12 bits per heavy atom. The summed E-state index contributed by atoms with van der Waals surface area (Å²) in [6.07, 6.45) is 0. The number of hydrogen-bond acceptors (Lipinski definition) is 5. The molecule has 0 atom stereocenters. The number of amides is 2. The van der Waals surface area contributed by atoms with Crippen molar-refractivity contribution in [3.63, 3.8) is 0 Å². The van der Waals surface area contributed by atoms with Gasteiger partial charge in [-0.1, -0.05) is 42.5 Å². The van der Waals surface area contributed by atoms with Crippen molar-refractivity contribution in [2.45, 2.75) is 11.4 Å². The summed E-state index contributed by atoms with van der Waals surface area (Å²) in [4.78, 5) is 29.9. The zero-order valence-corrected chi connectivity index (χ0v) is 23.3. The van der Waals surface area contributed by atoms with Gasteiger partial charge in [0.1, 0.15) is 11.6 Å². The van der Waals surface area contributed by atoms with E-state index in [0.717, 1.165) is 0 Å². The van der Waals surface area contributed by atoms with Crippen LogP contribution in [0, 0.1) is 11.6 Å². The van der Waals surface area contributed by atoms with Crippen LogP contribution in [0.4, 0.5) is 20.2 Å². The average molecular weight is 591 g/mol. The lowest BCUT2D eigenvalue weighted by molar-refractivity contribution is 0.0741. The molecule has 4 aromatic carbocycles. The third-order valence-electron chi connectivity index (χ3n) is 6.93. The van der Waals surface area contributed by atoms with Crippen LogP contribution >= 0.6 is 0 Å². The van der Waals surface area contributed by atoms with E-state index < -0.39 is 33.5 Å². The van der Waals surface area contributed by atoms with E-state index in [1.807, 2.05) is 4.90 Å². The number of halogens is 2. The Bertz CT molecular complexity index is 1690. The minimum atomic E-state index is -3.91. The molecule has 0 bridgehead atoms. The predicted octanol–water partition coefficient (Wildman–Crippen LogP) is 4.66. The van der Waals surface area contributed by atoms with Gasteiger partial charge in [-0.3, -0.25) is 14.3 Å². The number of benzene rings is 4. The topological polar surface area (TPSA) is 98.8 Å². The van der Waals surface area contributed by atoms with Gasteiger partial charge >= 0.3 is 0 Å². The van der Waals surface area contributed by atoms with Gasteiger partial charge in [0.15, 0.2) is 0 Å². The van der Waals surface area contributed by atoms with Crippen LogP contribution in [0.5, 0.6) is 0 Å². The second-order valence-electron chi connectivity index (χ2n) is 9.72. The first-order chi connectivity index (χ1) is 20.2. The van der Waals surface area contributed by atoms with Gasteiger partial charge in [0.25, 0.3) is 21.8 Å². The molecule has 42 heavy (non-hydrogen) atoms. The van der Waals surface area contributed by atoms with Crippen molar-refractivity contribution in [2.75, 3.05) is 35.8 Å². The minimum Gasteiger partial charge on any atom is -0.367 e. The molecule has 4 aromatic rings. The quantitative estimate of drug-likeness (QED) is 0.311. The molecule has 1 fully saturated rings. The Hall–Kier alpha value is -4.77. The van der Waals surface area contributed by atoms with Crippen LogP contribution in [-0.2, 0) is 16.6 Å². The molecule has 11 heteroatoms. The normalized spacial score (nSPS) is 13.5. The first-order valence-electron chi connectivity index (χ1n) is 13.2. The fourth-order valence-electron chi connectivity index (χ4n) is 4.71. The lowest BCUT2D eigenvalue weighted by Crippen LogP contribution is -2.49. The third-order valence-corrected chi connectivity index (χ3v) is 8.32. The van der Waals surface area contributed by atoms with E-state index in [2.05, 4.69) is 10.0 Å². The van der Waals surface area contributed by atoms with Gasteiger partial charge in [-0.15, -0.1) is 0 Å². The number of hydrogen-bond donors (Lipinski definition) is 2. The van der Waals surface area contributed by atoms with E-state index in [1.165, 1.54) is 48.5 Å². The first-order valence-corrected chi connectivity index (χ1v) is 14.7. The standard InChI is InChI=1S/C31H28F2N4O4S/c32-23-12-10-22(11-13-23)21-34-30(38)27-20-24(35-42(40,41)25-6-2-1-3-7-25)14-15-29(27)36-16-18-37(19-17-36)31(39)26-8-4-5-9-28(26)33/h1-15,20,35H,16-19,21H2,(H,34,38). The molecule has 216 valence electrons. The van der Waals surface area contributed by atoms with Gasteiger partial charge in [-0.2, -0.15) is 0 Å². The molecule has 0 saturated carbocycles. The van der Waals surface area contributed by atoms with E-state index >= 15 is 0 Å². The second kappa shape index (κ2) is 12.4. The van der Waals surface area contributed by atoms with Crippen LogP contribution in [0.15, 0.2) is 102 Å². The molecular formula is C31H28F2N4O4S. The van der Waals surface area contributed by atoms with Gasteiger partial charge < -0.3 is 15.1 Å². The molecule has 0 spiro atoms. The maximum atomic E-state index is 14.2. The number of nitrogens with zero attached hydrogens (tertiary/aromatic N) is 2. The summed E-state index contributed by atoms with van der Waals surface area (Å²) in [7, 11) is -3.91. The third kappa shape index (κ3) is 6.58. The van der Waals surface area contributed by atoms with E-state index in [4.69, 9.17) is 0 Å². The summed E-state index contributed by atoms with van der Waals surface area (Å²) < 4.78 is 55.9. The Kier molecular flexibility index (Phi) is 8.48. The molecule has 1 aliphatic heterocycles. The van der Waals surface area contributed by atoms with Crippen LogP contribution in [0.25, 0.3) is 0 Å². The Morgan fingerprint density at radius 2 is 1.43 bits per heavy atom. The zero-order valence-electron chi connectivity index (χ0n) is 22.5. The van der Waals surface area contributed by atoms with E-state index in [-0.39, 0.29) is 28.3 Å². The molecular weight excluding hydrogens is 562 g/mol. The summed E-state index contributed by atoms with van der Waals surface area (Å²) in [5, 5.41) is 2.82. The summed E-state index contributed by atoms with van der Waals surface area (Å²) in [6, 6.07) is 24.1. The van der Waals surface area contributed by atoms with E-state index in [1.54, 1.807) is 53.4 Å². The maximum absolute atomic E-state index is 14.2. The van der Waals surface area contributed by atoms with Gasteiger partial charge in [-0.05, 0) is 60.2 Å². The lowest BCUT2D eigenvalue weighted by atomic mass is 10.1. The van der Waals surface area contributed by atoms with Gasteiger partial charge in [0.2, 0.25) is 0 Å². The van der Waals surface area contributed by atoms with Gasteiger partial charge in [-0.25, -0.2) is 17.2 Å². The van der Waals surface area contributed by atoms with Gasteiger partial charge in [0.05, 0.1) is 16.0 Å². The van der Waals surface area contributed by atoms with Crippen molar-refractivity contribution < 1.29 is 26.8 Å². The zero-order chi connectivity index (χ0) is 29.7. The second-order valence-corrected chi connectivity index (χ2v) is 11.4. The van der Waals surface area contributed by atoms with Gasteiger partial charge in [0, 0.05) is 44.1 Å². The molecule has 2 amide bonds. The number of piperazine rings is 1. The van der Waals surface area contributed by atoms with E-state index in [0.29, 0.717) is 37.4 Å². The SMILES string of the molecule is O=C(NCc1ccc(F)cc1)c1cc(NS(=O)(=O)c2ccccc2)ccc1N1CCN(C(=O)c2ccccc2F)CC1. The molecule has 1 aliphatic rings. The lowest BCUT2D eigenvalue weighted by Gasteiger charge is -2.37. The Balaban J connectivity index is 1.37. The molecule has 5 rings (SSSR count). The molecule has 2 N–H and O–H groups in total. The largest absolute Gasteiger partial charge is 0.367 e. The summed E-state index contributed by atoms with van der Waals surface area (Å²) >= 11 is 0. The Morgan fingerprint density at radius 1 is 0.762 bits per heavy atom. The van der Waals surface area contributed by atoms with Crippen LogP contribution in [-0.4, -0.2) is 51.3 Å². The highest BCUT2D eigenvalue weighted by atomic mass is 32.2. The minimum absolute atomic E-state index is 0.00172. The predicted molar refractivity (Wildman–Crippen MR) is 156 cm³/mol. The van der Waals surface area contributed by atoms with Crippen molar-refractivity contribution in [3.8, 4) is 0 Å². The molecule has 1 heterocycles. The van der Waals surface area contributed by atoms with E-state index in [9.17, 15) is 26.8 Å². The fourth-order valence-corrected chi connectivity index (χ4v) is 5.78. The number of rotatable bonds is 8. The number of carbonyl (C=O) groups excluding carboxylic acids is 2. The van der Waals surface area contributed by atoms with Crippen molar-refractivity contribution in [3.05, 3.63) is 125 Å². The fraction of sp³-hybridized carbons (Fsp3) is 0.161. The summed E-state index contributed by atoms with van der Waals surface area (Å²) in [5.74, 6) is -1.84. The van der Waals surface area contributed by atoms with Crippen molar-refractivity contribution >= 4 is 33.2 Å². The van der Waals surface area contributed by atoms with Crippen LogP contribution in [0.2, 0.25) is 0 Å². The highest BCUT2D eigenvalue weighted by Gasteiger charge is 2.27. The van der Waals surface area contributed by atoms with Crippen LogP contribution in [0.1, 0.15) is 26.3 Å². The molecule has 8 nitrogen and oxygen atoms in total. The maximum Gasteiger partial charge on any atom is 0.261 e. The number of sulfonamides is 1. The van der Waals surface area contributed by atoms with Crippen LogP contribution < -0.4 is 14.9 Å². The average Bonchev–Trinajstić information content (AvgIpc) is 3.01.